The molecule has 1 aliphatic heterocycles. The first-order chi connectivity index (χ1) is 8.69. The van der Waals surface area contributed by atoms with Crippen LogP contribution >= 0.6 is 11.6 Å². The van der Waals surface area contributed by atoms with Gasteiger partial charge in [-0.2, -0.15) is 0 Å². The summed E-state index contributed by atoms with van der Waals surface area (Å²) in [6.07, 6.45) is 1.29. The Morgan fingerprint density at radius 1 is 1.44 bits per heavy atom. The van der Waals surface area contributed by atoms with E-state index < -0.39 is 0 Å². The minimum absolute atomic E-state index is 0.0716. The summed E-state index contributed by atoms with van der Waals surface area (Å²) in [5.74, 6) is 2.16. The quantitative estimate of drug-likeness (QED) is 0.841. The zero-order valence-electron chi connectivity index (χ0n) is 10.4. The molecule has 4 heteroatoms. The number of halogens is 1. The van der Waals surface area contributed by atoms with E-state index >= 15 is 0 Å². The van der Waals surface area contributed by atoms with Gasteiger partial charge in [0, 0.05) is 18.1 Å². The number of hydrogen-bond donors (Lipinski definition) is 0. The molecule has 2 aliphatic rings. The van der Waals surface area contributed by atoms with Crippen LogP contribution in [0, 0.1) is 11.8 Å². The number of carbonyl (C=O) groups excluding carboxylic acids is 1. The van der Waals surface area contributed by atoms with E-state index in [4.69, 9.17) is 16.3 Å². The third kappa shape index (κ3) is 2.07. The number of rotatable bonds is 3. The zero-order valence-corrected chi connectivity index (χ0v) is 11.1. The molecule has 2 atom stereocenters. The van der Waals surface area contributed by atoms with Gasteiger partial charge < -0.3 is 9.64 Å². The van der Waals surface area contributed by atoms with Gasteiger partial charge in [0.05, 0.1) is 12.2 Å². The second kappa shape index (κ2) is 4.47. The van der Waals surface area contributed by atoms with Gasteiger partial charge >= 0.3 is 0 Å². The zero-order chi connectivity index (χ0) is 12.7. The van der Waals surface area contributed by atoms with Gasteiger partial charge in [0.15, 0.2) is 0 Å². The molecule has 1 aromatic carbocycles. The van der Waals surface area contributed by atoms with Gasteiger partial charge in [-0.1, -0.05) is 11.6 Å². The topological polar surface area (TPSA) is 29.5 Å². The number of ether oxygens (including phenoxy) is 1. The molecule has 0 aromatic heterocycles. The minimum Gasteiger partial charge on any atom is -0.493 e. The normalized spacial score (nSPS) is 24.9. The van der Waals surface area contributed by atoms with E-state index in [2.05, 4.69) is 0 Å². The van der Waals surface area contributed by atoms with E-state index in [1.807, 2.05) is 11.8 Å². The van der Waals surface area contributed by atoms with E-state index in [0.717, 1.165) is 24.9 Å². The van der Waals surface area contributed by atoms with Crippen LogP contribution in [0.15, 0.2) is 18.2 Å². The van der Waals surface area contributed by atoms with Crippen molar-refractivity contribution in [2.45, 2.75) is 13.3 Å². The molecule has 2 fully saturated rings. The van der Waals surface area contributed by atoms with Gasteiger partial charge in [-0.05, 0) is 43.4 Å². The van der Waals surface area contributed by atoms with Crippen molar-refractivity contribution in [2.24, 2.45) is 11.8 Å². The summed E-state index contributed by atoms with van der Waals surface area (Å²) < 4.78 is 5.50. The Labute approximate surface area is 112 Å². The first kappa shape index (κ1) is 11.8. The van der Waals surface area contributed by atoms with Gasteiger partial charge in [-0.15, -0.1) is 0 Å². The summed E-state index contributed by atoms with van der Waals surface area (Å²) in [5, 5.41) is 0.597. The number of piperidine rings is 1. The third-order valence-corrected chi connectivity index (χ3v) is 3.98. The van der Waals surface area contributed by atoms with Crippen molar-refractivity contribution < 1.29 is 9.53 Å². The average molecular weight is 266 g/mol. The highest BCUT2D eigenvalue weighted by atomic mass is 35.5. The van der Waals surface area contributed by atoms with Crippen LogP contribution in [0.5, 0.6) is 5.75 Å². The predicted octanol–water partition coefficient (Wildman–Crippen LogP) is 2.83. The SMILES string of the molecule is CCOc1cc(Cl)ccc1C(=O)N1CC2CC2C1. The van der Waals surface area contributed by atoms with Crippen LogP contribution in [0.4, 0.5) is 0 Å². The number of fused-ring (bicyclic) bond motifs is 1. The van der Waals surface area contributed by atoms with E-state index in [0.29, 0.717) is 22.9 Å². The van der Waals surface area contributed by atoms with E-state index in [9.17, 15) is 4.79 Å². The average Bonchev–Trinajstić information content (AvgIpc) is 2.96. The van der Waals surface area contributed by atoms with Crippen molar-refractivity contribution in [3.05, 3.63) is 28.8 Å². The van der Waals surface area contributed by atoms with Gasteiger partial charge in [0.25, 0.3) is 5.91 Å². The molecule has 1 aliphatic carbocycles. The van der Waals surface area contributed by atoms with Crippen molar-refractivity contribution in [3.8, 4) is 5.75 Å². The molecule has 3 nitrogen and oxygen atoms in total. The van der Waals surface area contributed by atoms with E-state index in [1.54, 1.807) is 18.2 Å². The van der Waals surface area contributed by atoms with Crippen molar-refractivity contribution in [1.29, 1.82) is 0 Å². The molecule has 96 valence electrons. The molecule has 1 saturated carbocycles. The van der Waals surface area contributed by atoms with E-state index in [1.165, 1.54) is 6.42 Å². The summed E-state index contributed by atoms with van der Waals surface area (Å²) in [6.45, 7) is 4.24. The number of hydrogen-bond acceptors (Lipinski definition) is 2. The Morgan fingerprint density at radius 3 is 2.83 bits per heavy atom. The summed E-state index contributed by atoms with van der Waals surface area (Å²) in [5.41, 5.74) is 0.627. The summed E-state index contributed by atoms with van der Waals surface area (Å²) in [4.78, 5) is 14.4. The number of nitrogens with zero attached hydrogens (tertiary/aromatic N) is 1. The fourth-order valence-corrected chi connectivity index (χ4v) is 2.84. The van der Waals surface area contributed by atoms with Gasteiger partial charge in [0.1, 0.15) is 5.75 Å². The highest BCUT2D eigenvalue weighted by molar-refractivity contribution is 6.30. The molecule has 0 radical (unpaired) electrons. The Bertz CT molecular complexity index is 479. The molecule has 1 saturated heterocycles. The van der Waals surface area contributed by atoms with Gasteiger partial charge in [-0.25, -0.2) is 0 Å². The smallest absolute Gasteiger partial charge is 0.257 e. The molecular formula is C14H16ClNO2. The molecule has 1 heterocycles. The first-order valence-electron chi connectivity index (χ1n) is 6.40. The molecule has 2 unspecified atom stereocenters. The van der Waals surface area contributed by atoms with Crippen LogP contribution in [0.1, 0.15) is 23.7 Å². The van der Waals surface area contributed by atoms with Crippen LogP contribution in [0.3, 0.4) is 0 Å². The Hall–Kier alpha value is -1.22. The molecule has 0 N–H and O–H groups in total. The lowest BCUT2D eigenvalue weighted by molar-refractivity contribution is 0.0771. The molecule has 1 amide bonds. The first-order valence-corrected chi connectivity index (χ1v) is 6.78. The Balaban J connectivity index is 1.83. The fraction of sp³-hybridized carbons (Fsp3) is 0.500. The van der Waals surface area contributed by atoms with Gasteiger partial charge in [0.2, 0.25) is 0 Å². The number of carbonyl (C=O) groups is 1. The second-order valence-corrected chi connectivity index (χ2v) is 5.48. The van der Waals surface area contributed by atoms with Crippen LogP contribution in [0.25, 0.3) is 0 Å². The number of amides is 1. The third-order valence-electron chi connectivity index (χ3n) is 3.74. The molecule has 18 heavy (non-hydrogen) atoms. The Kier molecular flexibility index (Phi) is 2.94. The monoisotopic (exact) mass is 265 g/mol. The van der Waals surface area contributed by atoms with Crippen molar-refractivity contribution in [3.63, 3.8) is 0 Å². The molecule has 0 bridgehead atoms. The number of likely N-dealkylation sites (tertiary alicyclic amines) is 1. The highest BCUT2D eigenvalue weighted by Gasteiger charge is 2.46. The maximum absolute atomic E-state index is 12.4. The van der Waals surface area contributed by atoms with E-state index in [-0.39, 0.29) is 5.91 Å². The molecule has 3 rings (SSSR count). The van der Waals surface area contributed by atoms with Crippen molar-refractivity contribution in [2.75, 3.05) is 19.7 Å². The van der Waals surface area contributed by atoms with Crippen LogP contribution in [-0.2, 0) is 0 Å². The molecule has 1 aromatic rings. The standard InChI is InChI=1S/C14H16ClNO2/c1-2-18-13-6-11(15)3-4-12(13)14(17)16-7-9-5-10(9)8-16/h3-4,6,9-10H,2,5,7-8H2,1H3. The number of benzene rings is 1. The predicted molar refractivity (Wildman–Crippen MR) is 70.1 cm³/mol. The van der Waals surface area contributed by atoms with Crippen LogP contribution in [-0.4, -0.2) is 30.5 Å². The van der Waals surface area contributed by atoms with Crippen molar-refractivity contribution in [1.82, 2.24) is 4.90 Å². The largest absolute Gasteiger partial charge is 0.493 e. The fourth-order valence-electron chi connectivity index (χ4n) is 2.68. The van der Waals surface area contributed by atoms with Gasteiger partial charge in [-0.3, -0.25) is 4.79 Å². The summed E-state index contributed by atoms with van der Waals surface area (Å²) in [7, 11) is 0. The molecule has 0 spiro atoms. The maximum Gasteiger partial charge on any atom is 0.257 e. The summed E-state index contributed by atoms with van der Waals surface area (Å²) >= 11 is 5.94. The lowest BCUT2D eigenvalue weighted by Crippen LogP contribution is -2.30. The lowest BCUT2D eigenvalue weighted by atomic mass is 10.1. The van der Waals surface area contributed by atoms with Crippen molar-refractivity contribution >= 4 is 17.5 Å². The summed E-state index contributed by atoms with van der Waals surface area (Å²) in [6, 6.07) is 5.23. The minimum atomic E-state index is 0.0716. The molecular weight excluding hydrogens is 250 g/mol. The Morgan fingerprint density at radius 2 is 2.17 bits per heavy atom. The second-order valence-electron chi connectivity index (χ2n) is 5.04. The lowest BCUT2D eigenvalue weighted by Gasteiger charge is -2.19. The van der Waals surface area contributed by atoms with Crippen LogP contribution in [0.2, 0.25) is 5.02 Å². The maximum atomic E-state index is 12.4. The highest BCUT2D eigenvalue weighted by Crippen LogP contribution is 2.45. The van der Waals surface area contributed by atoms with Crippen LogP contribution < -0.4 is 4.74 Å².